The maximum Gasteiger partial charge on any atom is 0.316 e. The molecule has 1 aromatic carbocycles. The van der Waals surface area contributed by atoms with Gasteiger partial charge in [0.15, 0.2) is 0 Å². The summed E-state index contributed by atoms with van der Waals surface area (Å²) in [6, 6.07) is 8.36. The van der Waals surface area contributed by atoms with Gasteiger partial charge in [0.2, 0.25) is 0 Å². The molecule has 1 aromatic rings. The third-order valence-corrected chi connectivity index (χ3v) is 3.67. The Bertz CT molecular complexity index is 425. The van der Waals surface area contributed by atoms with Gasteiger partial charge in [-0.15, -0.1) is 0 Å². The fourth-order valence-corrected chi connectivity index (χ4v) is 2.21. The van der Waals surface area contributed by atoms with Crippen LogP contribution in [0, 0.1) is 0 Å². The molecule has 1 atom stereocenters. The Hall–Kier alpha value is -1.31. The summed E-state index contributed by atoms with van der Waals surface area (Å²) in [5, 5.41) is 0. The molecule has 1 aliphatic heterocycles. The lowest BCUT2D eigenvalue weighted by molar-refractivity contribution is -0.142. The molecule has 0 spiro atoms. The van der Waals surface area contributed by atoms with Crippen molar-refractivity contribution in [1.82, 2.24) is 0 Å². The molecule has 0 N–H and O–H groups in total. The van der Waals surface area contributed by atoms with Gasteiger partial charge in [-0.05, 0) is 23.5 Å². The predicted molar refractivity (Wildman–Crippen MR) is 68.1 cm³/mol. The maximum atomic E-state index is 11.8. The second kappa shape index (κ2) is 3.86. The van der Waals surface area contributed by atoms with Gasteiger partial charge in [-0.3, -0.25) is 4.79 Å². The molecule has 0 amide bonds. The Morgan fingerprint density at radius 2 is 1.76 bits per heavy atom. The summed E-state index contributed by atoms with van der Waals surface area (Å²) in [6.07, 6.45) is 0.778. The van der Waals surface area contributed by atoms with Crippen LogP contribution in [0.2, 0.25) is 0 Å². The fraction of sp³-hybridized carbons (Fsp3) is 0.533. The zero-order valence-corrected chi connectivity index (χ0v) is 11.0. The summed E-state index contributed by atoms with van der Waals surface area (Å²) in [5.74, 6) is -0.0963. The molecular weight excluding hydrogens is 212 g/mol. The van der Waals surface area contributed by atoms with E-state index in [1.807, 2.05) is 6.92 Å². The van der Waals surface area contributed by atoms with Crippen molar-refractivity contribution in [2.75, 3.05) is 6.61 Å². The minimum atomic E-state index is -0.448. The highest BCUT2D eigenvalue weighted by atomic mass is 16.5. The molecule has 2 heteroatoms. The van der Waals surface area contributed by atoms with E-state index in [2.05, 4.69) is 45.0 Å². The molecular formula is C15H20O2. The Morgan fingerprint density at radius 3 is 2.18 bits per heavy atom. The van der Waals surface area contributed by atoms with Gasteiger partial charge in [-0.25, -0.2) is 0 Å². The summed E-state index contributed by atoms with van der Waals surface area (Å²) in [6.45, 7) is 9.07. The average Bonchev–Trinajstić information content (AvgIpc) is 2.60. The number of esters is 1. The quantitative estimate of drug-likeness (QED) is 0.695. The van der Waals surface area contributed by atoms with Gasteiger partial charge in [-0.2, -0.15) is 0 Å². The second-order valence-corrected chi connectivity index (χ2v) is 6.05. The number of rotatable bonds is 1. The standard InChI is InChI=1S/C15H20O2/c1-14(2,3)11-5-7-12(8-6-11)15(4)9-10-17-13(15)16/h5-8H,9-10H2,1-4H3. The molecule has 0 bridgehead atoms. The van der Waals surface area contributed by atoms with Crippen molar-refractivity contribution in [1.29, 1.82) is 0 Å². The first-order valence-electron chi connectivity index (χ1n) is 6.12. The molecule has 92 valence electrons. The van der Waals surface area contributed by atoms with Gasteiger partial charge in [-0.1, -0.05) is 45.0 Å². The number of hydrogen-bond donors (Lipinski definition) is 0. The van der Waals surface area contributed by atoms with E-state index in [1.54, 1.807) is 0 Å². The zero-order chi connectivity index (χ0) is 12.7. The number of ether oxygens (including phenoxy) is 1. The van der Waals surface area contributed by atoms with Crippen molar-refractivity contribution in [3.63, 3.8) is 0 Å². The zero-order valence-electron chi connectivity index (χ0n) is 11.0. The van der Waals surface area contributed by atoms with E-state index >= 15 is 0 Å². The van der Waals surface area contributed by atoms with Crippen LogP contribution >= 0.6 is 0 Å². The van der Waals surface area contributed by atoms with E-state index in [1.165, 1.54) is 5.56 Å². The SMILES string of the molecule is CC(C)(C)c1ccc(C2(C)CCOC2=O)cc1. The van der Waals surface area contributed by atoms with E-state index in [0.29, 0.717) is 6.61 Å². The van der Waals surface area contributed by atoms with Crippen LogP contribution < -0.4 is 0 Å². The van der Waals surface area contributed by atoms with E-state index in [4.69, 9.17) is 4.74 Å². The fourth-order valence-electron chi connectivity index (χ4n) is 2.21. The summed E-state index contributed by atoms with van der Waals surface area (Å²) in [5.41, 5.74) is 2.05. The van der Waals surface area contributed by atoms with Gasteiger partial charge in [0.25, 0.3) is 0 Å². The van der Waals surface area contributed by atoms with Gasteiger partial charge >= 0.3 is 5.97 Å². The third kappa shape index (κ3) is 2.08. The molecule has 1 unspecified atom stereocenters. The van der Waals surface area contributed by atoms with Crippen LogP contribution in [0.25, 0.3) is 0 Å². The van der Waals surface area contributed by atoms with Crippen molar-refractivity contribution in [2.24, 2.45) is 0 Å². The van der Waals surface area contributed by atoms with Gasteiger partial charge in [0, 0.05) is 6.42 Å². The minimum Gasteiger partial charge on any atom is -0.465 e. The highest BCUT2D eigenvalue weighted by Gasteiger charge is 2.41. The smallest absolute Gasteiger partial charge is 0.316 e. The highest BCUT2D eigenvalue weighted by Crippen LogP contribution is 2.34. The van der Waals surface area contributed by atoms with Crippen LogP contribution in [0.5, 0.6) is 0 Å². The van der Waals surface area contributed by atoms with E-state index in [9.17, 15) is 4.79 Å². The van der Waals surface area contributed by atoms with Gasteiger partial charge < -0.3 is 4.74 Å². The molecule has 1 saturated heterocycles. The number of carbonyl (C=O) groups excluding carboxylic acids is 1. The molecule has 1 heterocycles. The van der Waals surface area contributed by atoms with Crippen molar-refractivity contribution in [3.05, 3.63) is 35.4 Å². The van der Waals surface area contributed by atoms with Crippen molar-refractivity contribution < 1.29 is 9.53 Å². The average molecular weight is 232 g/mol. The maximum absolute atomic E-state index is 11.8. The predicted octanol–water partition coefficient (Wildman–Crippen LogP) is 3.19. The highest BCUT2D eigenvalue weighted by molar-refractivity contribution is 5.84. The third-order valence-electron chi connectivity index (χ3n) is 3.67. The molecule has 2 rings (SSSR count). The summed E-state index contributed by atoms with van der Waals surface area (Å²) >= 11 is 0. The normalized spacial score (nSPS) is 24.8. The molecule has 1 aliphatic rings. The van der Waals surface area contributed by atoms with Gasteiger partial charge in [0.05, 0.1) is 12.0 Å². The van der Waals surface area contributed by atoms with Gasteiger partial charge in [0.1, 0.15) is 0 Å². The first-order valence-corrected chi connectivity index (χ1v) is 6.12. The van der Waals surface area contributed by atoms with Crippen LogP contribution in [-0.2, 0) is 20.4 Å². The van der Waals surface area contributed by atoms with Crippen molar-refractivity contribution in [3.8, 4) is 0 Å². The summed E-state index contributed by atoms with van der Waals surface area (Å²) < 4.78 is 5.08. The van der Waals surface area contributed by atoms with Crippen LogP contribution in [0.4, 0.5) is 0 Å². The number of benzene rings is 1. The number of hydrogen-bond acceptors (Lipinski definition) is 2. The Morgan fingerprint density at radius 1 is 1.18 bits per heavy atom. The second-order valence-electron chi connectivity index (χ2n) is 6.05. The van der Waals surface area contributed by atoms with E-state index in [-0.39, 0.29) is 11.4 Å². The summed E-state index contributed by atoms with van der Waals surface area (Å²) in [7, 11) is 0. The lowest BCUT2D eigenvalue weighted by Crippen LogP contribution is -2.27. The molecule has 0 saturated carbocycles. The monoisotopic (exact) mass is 232 g/mol. The minimum absolute atomic E-state index is 0.0963. The topological polar surface area (TPSA) is 26.3 Å². The molecule has 0 aliphatic carbocycles. The molecule has 2 nitrogen and oxygen atoms in total. The number of carbonyl (C=O) groups is 1. The first-order chi connectivity index (χ1) is 7.84. The number of cyclic esters (lactones) is 1. The molecule has 0 aromatic heterocycles. The van der Waals surface area contributed by atoms with E-state index < -0.39 is 5.41 Å². The van der Waals surface area contributed by atoms with Crippen LogP contribution in [0.3, 0.4) is 0 Å². The van der Waals surface area contributed by atoms with Crippen LogP contribution in [0.1, 0.15) is 45.2 Å². The first kappa shape index (κ1) is 12.2. The summed E-state index contributed by atoms with van der Waals surface area (Å²) in [4.78, 5) is 11.8. The Balaban J connectivity index is 2.33. The lowest BCUT2D eigenvalue weighted by Gasteiger charge is -2.23. The van der Waals surface area contributed by atoms with E-state index in [0.717, 1.165) is 12.0 Å². The van der Waals surface area contributed by atoms with Crippen LogP contribution in [0.15, 0.2) is 24.3 Å². The largest absolute Gasteiger partial charge is 0.465 e. The molecule has 1 fully saturated rings. The van der Waals surface area contributed by atoms with Crippen molar-refractivity contribution in [2.45, 2.75) is 44.9 Å². The molecule has 0 radical (unpaired) electrons. The van der Waals surface area contributed by atoms with Crippen LogP contribution in [-0.4, -0.2) is 12.6 Å². The Kier molecular flexibility index (Phi) is 2.76. The Labute approximate surface area is 103 Å². The lowest BCUT2D eigenvalue weighted by atomic mass is 9.79. The molecule has 17 heavy (non-hydrogen) atoms. The van der Waals surface area contributed by atoms with Crippen molar-refractivity contribution >= 4 is 5.97 Å².